The van der Waals surface area contributed by atoms with Gasteiger partial charge in [0.2, 0.25) is 0 Å². The maximum Gasteiger partial charge on any atom is 0.163 e. The number of fused-ring (bicyclic) bond motifs is 1. The molecule has 0 aliphatic heterocycles. The first-order chi connectivity index (χ1) is 12.0. The fraction of sp³-hybridized carbons (Fsp3) is 0.556. The first-order valence-electron chi connectivity index (χ1n) is 8.89. The van der Waals surface area contributed by atoms with Crippen LogP contribution in [0.25, 0.3) is 11.0 Å². The first kappa shape index (κ1) is 16.1. The zero-order chi connectivity index (χ0) is 17.6. The number of hydrogen-bond donors (Lipinski definition) is 1. The molecule has 3 aromatic rings. The Kier molecular flexibility index (Phi) is 3.74. The van der Waals surface area contributed by atoms with Crippen molar-refractivity contribution in [2.75, 3.05) is 11.9 Å². The summed E-state index contributed by atoms with van der Waals surface area (Å²) in [4.78, 5) is 13.8. The van der Waals surface area contributed by atoms with E-state index in [1.54, 1.807) is 0 Å². The summed E-state index contributed by atoms with van der Waals surface area (Å²) in [6.45, 7) is 8.20. The van der Waals surface area contributed by atoms with Crippen LogP contribution in [-0.4, -0.2) is 35.8 Å². The molecular formula is C18H25N7. The molecule has 132 valence electrons. The van der Waals surface area contributed by atoms with E-state index in [0.717, 1.165) is 41.6 Å². The molecule has 1 saturated carbocycles. The van der Waals surface area contributed by atoms with Crippen LogP contribution in [0.4, 0.5) is 5.82 Å². The van der Waals surface area contributed by atoms with Gasteiger partial charge in [0.1, 0.15) is 17.5 Å². The minimum atomic E-state index is 0.281. The summed E-state index contributed by atoms with van der Waals surface area (Å²) in [6.07, 6.45) is 8.25. The molecule has 0 atom stereocenters. The van der Waals surface area contributed by atoms with E-state index < -0.39 is 0 Å². The van der Waals surface area contributed by atoms with Crippen LogP contribution in [-0.2, 0) is 13.6 Å². The van der Waals surface area contributed by atoms with E-state index in [1.165, 1.54) is 12.8 Å². The van der Waals surface area contributed by atoms with Gasteiger partial charge >= 0.3 is 0 Å². The van der Waals surface area contributed by atoms with E-state index in [9.17, 15) is 0 Å². The van der Waals surface area contributed by atoms with Gasteiger partial charge in [0.05, 0.1) is 11.6 Å². The molecule has 0 unspecified atom stereocenters. The van der Waals surface area contributed by atoms with Gasteiger partial charge in [-0.1, -0.05) is 13.8 Å². The topological polar surface area (TPSA) is 73.5 Å². The van der Waals surface area contributed by atoms with Crippen molar-refractivity contribution in [2.45, 2.75) is 46.1 Å². The standard InChI is InChI=1S/C18H25N7/c1-12(2)15-22-16(14-9-21-24(4)17(14)23-15)20-10-18(5-6-18)11-25-8-7-19-13(25)3/h7-9,12H,5-6,10-11H2,1-4H3,(H,20,22,23). The Morgan fingerprint density at radius 3 is 2.72 bits per heavy atom. The van der Waals surface area contributed by atoms with Gasteiger partial charge in [-0.2, -0.15) is 5.10 Å². The van der Waals surface area contributed by atoms with Crippen LogP contribution in [0.1, 0.15) is 44.3 Å². The quantitative estimate of drug-likeness (QED) is 0.747. The van der Waals surface area contributed by atoms with E-state index in [4.69, 9.17) is 4.98 Å². The summed E-state index contributed by atoms with van der Waals surface area (Å²) in [5, 5.41) is 8.93. The van der Waals surface area contributed by atoms with Gasteiger partial charge < -0.3 is 9.88 Å². The summed E-state index contributed by atoms with van der Waals surface area (Å²) < 4.78 is 4.06. The number of imidazole rings is 1. The second kappa shape index (κ2) is 5.82. The lowest BCUT2D eigenvalue weighted by Crippen LogP contribution is -2.22. The molecule has 0 radical (unpaired) electrons. The third-order valence-electron chi connectivity index (χ3n) is 5.14. The highest BCUT2D eigenvalue weighted by Crippen LogP contribution is 2.47. The number of hydrogen-bond acceptors (Lipinski definition) is 5. The highest BCUT2D eigenvalue weighted by molar-refractivity contribution is 5.86. The molecule has 1 aliphatic rings. The number of rotatable bonds is 6. The molecule has 7 heteroatoms. The highest BCUT2D eigenvalue weighted by atomic mass is 15.3. The molecule has 0 saturated heterocycles. The molecule has 4 rings (SSSR count). The van der Waals surface area contributed by atoms with Crippen molar-refractivity contribution in [3.8, 4) is 0 Å². The molecule has 0 spiro atoms. The van der Waals surface area contributed by atoms with Crippen molar-refractivity contribution >= 4 is 16.9 Å². The maximum absolute atomic E-state index is 4.76. The lowest BCUT2D eigenvalue weighted by atomic mass is 10.1. The Morgan fingerprint density at radius 1 is 1.28 bits per heavy atom. The second-order valence-corrected chi connectivity index (χ2v) is 7.55. The molecule has 3 heterocycles. The van der Waals surface area contributed by atoms with Crippen molar-refractivity contribution in [3.63, 3.8) is 0 Å². The zero-order valence-corrected chi connectivity index (χ0v) is 15.3. The lowest BCUT2D eigenvalue weighted by Gasteiger charge is -2.19. The Labute approximate surface area is 147 Å². The SMILES string of the molecule is Cc1nccn1CC1(CNc2nc(C(C)C)nc3c2cnn3C)CC1. The minimum Gasteiger partial charge on any atom is -0.369 e. The molecule has 1 fully saturated rings. The van der Waals surface area contributed by atoms with Gasteiger partial charge in [-0.05, 0) is 19.8 Å². The minimum absolute atomic E-state index is 0.281. The molecule has 0 amide bonds. The van der Waals surface area contributed by atoms with Crippen molar-refractivity contribution in [2.24, 2.45) is 12.5 Å². The Bertz CT molecular complexity index is 901. The highest BCUT2D eigenvalue weighted by Gasteiger charge is 2.43. The van der Waals surface area contributed by atoms with Gasteiger partial charge in [0.15, 0.2) is 5.65 Å². The van der Waals surface area contributed by atoms with Gasteiger partial charge in [-0.3, -0.25) is 4.68 Å². The van der Waals surface area contributed by atoms with Crippen LogP contribution in [0.3, 0.4) is 0 Å². The fourth-order valence-corrected chi connectivity index (χ4v) is 3.20. The number of nitrogens with one attached hydrogen (secondary N) is 1. The molecule has 1 N–H and O–H groups in total. The summed E-state index contributed by atoms with van der Waals surface area (Å²) in [5.74, 6) is 3.11. The van der Waals surface area contributed by atoms with Crippen LogP contribution >= 0.6 is 0 Å². The van der Waals surface area contributed by atoms with E-state index in [-0.39, 0.29) is 5.92 Å². The van der Waals surface area contributed by atoms with Crippen molar-refractivity contribution in [1.29, 1.82) is 0 Å². The van der Waals surface area contributed by atoms with Crippen LogP contribution in [0, 0.1) is 12.3 Å². The molecular weight excluding hydrogens is 314 g/mol. The summed E-state index contributed by atoms with van der Waals surface area (Å²) in [6, 6.07) is 0. The third-order valence-corrected chi connectivity index (χ3v) is 5.14. The Hall–Kier alpha value is -2.44. The van der Waals surface area contributed by atoms with Crippen LogP contribution in [0.15, 0.2) is 18.6 Å². The molecule has 0 aromatic carbocycles. The van der Waals surface area contributed by atoms with Crippen LogP contribution in [0.2, 0.25) is 0 Å². The number of aryl methyl sites for hydroxylation is 2. The Morgan fingerprint density at radius 2 is 2.08 bits per heavy atom. The number of aromatic nitrogens is 6. The van der Waals surface area contributed by atoms with Gasteiger partial charge in [-0.25, -0.2) is 15.0 Å². The molecule has 25 heavy (non-hydrogen) atoms. The van der Waals surface area contributed by atoms with E-state index in [0.29, 0.717) is 5.41 Å². The molecule has 1 aliphatic carbocycles. The van der Waals surface area contributed by atoms with Crippen molar-refractivity contribution < 1.29 is 0 Å². The smallest absolute Gasteiger partial charge is 0.163 e. The third kappa shape index (κ3) is 2.99. The largest absolute Gasteiger partial charge is 0.369 e. The molecule has 0 bridgehead atoms. The summed E-state index contributed by atoms with van der Waals surface area (Å²) >= 11 is 0. The van der Waals surface area contributed by atoms with Crippen LogP contribution < -0.4 is 5.32 Å². The summed E-state index contributed by atoms with van der Waals surface area (Å²) in [7, 11) is 1.92. The number of anilines is 1. The fourth-order valence-electron chi connectivity index (χ4n) is 3.20. The van der Waals surface area contributed by atoms with Crippen molar-refractivity contribution in [3.05, 3.63) is 30.2 Å². The monoisotopic (exact) mass is 339 g/mol. The predicted molar refractivity (Wildman–Crippen MR) is 97.5 cm³/mol. The second-order valence-electron chi connectivity index (χ2n) is 7.55. The predicted octanol–water partition coefficient (Wildman–Crippen LogP) is 2.88. The van der Waals surface area contributed by atoms with E-state index in [2.05, 4.69) is 51.9 Å². The van der Waals surface area contributed by atoms with E-state index in [1.807, 2.05) is 24.1 Å². The van der Waals surface area contributed by atoms with Gasteiger partial charge in [0, 0.05) is 43.9 Å². The first-order valence-corrected chi connectivity index (χ1v) is 8.89. The maximum atomic E-state index is 4.76. The van der Waals surface area contributed by atoms with Crippen molar-refractivity contribution in [1.82, 2.24) is 29.3 Å². The van der Waals surface area contributed by atoms with E-state index >= 15 is 0 Å². The van der Waals surface area contributed by atoms with Gasteiger partial charge in [0.25, 0.3) is 0 Å². The normalized spacial score (nSPS) is 15.9. The van der Waals surface area contributed by atoms with Gasteiger partial charge in [-0.15, -0.1) is 0 Å². The molecule has 3 aromatic heterocycles. The average Bonchev–Trinajstić information content (AvgIpc) is 3.09. The Balaban J connectivity index is 1.57. The average molecular weight is 339 g/mol. The lowest BCUT2D eigenvalue weighted by molar-refractivity contribution is 0.438. The zero-order valence-electron chi connectivity index (χ0n) is 15.3. The molecule has 7 nitrogen and oxygen atoms in total. The number of nitrogens with zero attached hydrogens (tertiary/aromatic N) is 6. The van der Waals surface area contributed by atoms with Crippen LogP contribution in [0.5, 0.6) is 0 Å². The summed E-state index contributed by atoms with van der Waals surface area (Å²) in [5.41, 5.74) is 1.18.